The van der Waals surface area contributed by atoms with Gasteiger partial charge in [0.05, 0.1) is 17.2 Å². The Bertz CT molecular complexity index is 682. The second-order valence-electron chi connectivity index (χ2n) is 5.00. The van der Waals surface area contributed by atoms with E-state index in [9.17, 15) is 0 Å². The van der Waals surface area contributed by atoms with E-state index in [1.807, 2.05) is 39.7 Å². The maximum Gasteiger partial charge on any atom is 0.180 e. The van der Waals surface area contributed by atoms with E-state index in [4.69, 9.17) is 0 Å². The molecule has 5 nitrogen and oxygen atoms in total. The number of imidazole rings is 1. The van der Waals surface area contributed by atoms with Crippen molar-refractivity contribution in [3.8, 4) is 5.82 Å². The molecule has 0 fully saturated rings. The number of aromatic nitrogens is 5. The van der Waals surface area contributed by atoms with Crippen LogP contribution >= 0.6 is 0 Å². The summed E-state index contributed by atoms with van der Waals surface area (Å²) in [5.74, 6) is 0.828. The number of benzene rings is 1. The molecule has 0 radical (unpaired) electrons. The Morgan fingerprint density at radius 2 is 2.00 bits per heavy atom. The monoisotopic (exact) mass is 269 g/mol. The SMILES string of the molecule is CCCCCCn1cc(-n2cnc3ccccc32)nn1. The standard InChI is InChI=1S/C15H19N5/c1-2-3-4-7-10-19-11-15(17-18-19)20-12-16-13-8-5-6-9-14(13)20/h5-6,8-9,11-12H,2-4,7,10H2,1H3. The summed E-state index contributed by atoms with van der Waals surface area (Å²) in [6.07, 6.45) is 8.73. The number of rotatable bonds is 6. The molecular formula is C15H19N5. The molecule has 0 spiro atoms. The molecule has 0 aliphatic carbocycles. The molecule has 20 heavy (non-hydrogen) atoms. The first-order valence-corrected chi connectivity index (χ1v) is 7.21. The highest BCUT2D eigenvalue weighted by Crippen LogP contribution is 2.15. The fourth-order valence-electron chi connectivity index (χ4n) is 2.35. The van der Waals surface area contributed by atoms with Crippen LogP contribution in [0, 0.1) is 0 Å². The van der Waals surface area contributed by atoms with Crippen molar-refractivity contribution in [2.75, 3.05) is 0 Å². The van der Waals surface area contributed by atoms with Crippen LogP contribution in [0.25, 0.3) is 16.9 Å². The van der Waals surface area contributed by atoms with Crippen molar-refractivity contribution in [2.24, 2.45) is 0 Å². The van der Waals surface area contributed by atoms with E-state index in [-0.39, 0.29) is 0 Å². The van der Waals surface area contributed by atoms with Crippen molar-refractivity contribution in [1.29, 1.82) is 0 Å². The average Bonchev–Trinajstić information content (AvgIpc) is 3.10. The largest absolute Gasteiger partial charge is 0.280 e. The van der Waals surface area contributed by atoms with Crippen LogP contribution in [0.5, 0.6) is 0 Å². The summed E-state index contributed by atoms with van der Waals surface area (Å²) >= 11 is 0. The van der Waals surface area contributed by atoms with Crippen molar-refractivity contribution < 1.29 is 0 Å². The van der Waals surface area contributed by atoms with Gasteiger partial charge < -0.3 is 0 Å². The van der Waals surface area contributed by atoms with Gasteiger partial charge in [-0.15, -0.1) is 5.10 Å². The lowest BCUT2D eigenvalue weighted by Crippen LogP contribution is -1.98. The normalized spacial score (nSPS) is 11.2. The molecule has 0 saturated carbocycles. The van der Waals surface area contributed by atoms with Crippen LogP contribution in [-0.2, 0) is 6.54 Å². The number of hydrogen-bond acceptors (Lipinski definition) is 3. The number of nitrogens with zero attached hydrogens (tertiary/aromatic N) is 5. The molecular weight excluding hydrogens is 250 g/mol. The molecule has 0 atom stereocenters. The topological polar surface area (TPSA) is 48.5 Å². The Morgan fingerprint density at radius 3 is 2.90 bits per heavy atom. The van der Waals surface area contributed by atoms with Crippen LogP contribution in [0.4, 0.5) is 0 Å². The summed E-state index contributed by atoms with van der Waals surface area (Å²) < 4.78 is 3.89. The first-order chi connectivity index (χ1) is 9.88. The van der Waals surface area contributed by atoms with E-state index in [0.29, 0.717) is 0 Å². The van der Waals surface area contributed by atoms with Crippen LogP contribution in [0.1, 0.15) is 32.6 Å². The fraction of sp³-hybridized carbons (Fsp3) is 0.400. The first kappa shape index (κ1) is 12.8. The highest BCUT2D eigenvalue weighted by molar-refractivity contribution is 5.76. The molecule has 0 N–H and O–H groups in total. The Morgan fingerprint density at radius 1 is 1.10 bits per heavy atom. The van der Waals surface area contributed by atoms with Crippen molar-refractivity contribution in [2.45, 2.75) is 39.2 Å². The Labute approximate surface area is 118 Å². The molecule has 0 amide bonds. The first-order valence-electron chi connectivity index (χ1n) is 7.21. The van der Waals surface area contributed by atoms with Gasteiger partial charge in [-0.25, -0.2) is 4.98 Å². The highest BCUT2D eigenvalue weighted by atomic mass is 15.4. The van der Waals surface area contributed by atoms with E-state index < -0.39 is 0 Å². The molecule has 104 valence electrons. The zero-order chi connectivity index (χ0) is 13.8. The fourth-order valence-corrected chi connectivity index (χ4v) is 2.35. The lowest BCUT2D eigenvalue weighted by Gasteiger charge is -1.99. The molecule has 3 aromatic rings. The zero-order valence-corrected chi connectivity index (χ0v) is 11.7. The summed E-state index contributed by atoms with van der Waals surface area (Å²) in [5.41, 5.74) is 2.04. The Balaban J connectivity index is 1.76. The van der Waals surface area contributed by atoms with Gasteiger partial charge in [-0.3, -0.25) is 9.25 Å². The highest BCUT2D eigenvalue weighted by Gasteiger charge is 2.07. The zero-order valence-electron chi connectivity index (χ0n) is 11.7. The third-order valence-electron chi connectivity index (χ3n) is 3.47. The van der Waals surface area contributed by atoms with Crippen LogP contribution in [0.2, 0.25) is 0 Å². The Kier molecular flexibility index (Phi) is 3.76. The molecule has 0 unspecified atom stereocenters. The summed E-state index contributed by atoms with van der Waals surface area (Å²) in [6, 6.07) is 8.05. The molecule has 0 bridgehead atoms. The van der Waals surface area contributed by atoms with E-state index >= 15 is 0 Å². The van der Waals surface area contributed by atoms with Crippen LogP contribution in [0.15, 0.2) is 36.8 Å². The maximum absolute atomic E-state index is 4.38. The second-order valence-corrected chi connectivity index (χ2v) is 5.00. The second kappa shape index (κ2) is 5.86. The van der Waals surface area contributed by atoms with Crippen molar-refractivity contribution in [1.82, 2.24) is 24.5 Å². The average molecular weight is 269 g/mol. The van der Waals surface area contributed by atoms with Gasteiger partial charge in [0.25, 0.3) is 0 Å². The quantitative estimate of drug-likeness (QED) is 0.646. The minimum atomic E-state index is 0.828. The van der Waals surface area contributed by atoms with Gasteiger partial charge >= 0.3 is 0 Å². The molecule has 5 heteroatoms. The van der Waals surface area contributed by atoms with Gasteiger partial charge in [-0.05, 0) is 18.6 Å². The minimum Gasteiger partial charge on any atom is -0.280 e. The van der Waals surface area contributed by atoms with Gasteiger partial charge in [0.2, 0.25) is 0 Å². The summed E-state index contributed by atoms with van der Waals surface area (Å²) in [4.78, 5) is 4.38. The predicted molar refractivity (Wildman–Crippen MR) is 78.8 cm³/mol. The van der Waals surface area contributed by atoms with Crippen LogP contribution in [0.3, 0.4) is 0 Å². The van der Waals surface area contributed by atoms with E-state index in [1.165, 1.54) is 19.3 Å². The summed E-state index contributed by atoms with van der Waals surface area (Å²) in [5, 5.41) is 8.44. The molecule has 0 aliphatic heterocycles. The lowest BCUT2D eigenvalue weighted by molar-refractivity contribution is 0.527. The van der Waals surface area contributed by atoms with Crippen LogP contribution < -0.4 is 0 Å². The van der Waals surface area contributed by atoms with E-state index in [0.717, 1.165) is 29.8 Å². The lowest BCUT2D eigenvalue weighted by atomic mass is 10.2. The number of aryl methyl sites for hydroxylation is 1. The van der Waals surface area contributed by atoms with Crippen LogP contribution in [-0.4, -0.2) is 24.5 Å². The van der Waals surface area contributed by atoms with Gasteiger partial charge in [0, 0.05) is 6.54 Å². The van der Waals surface area contributed by atoms with E-state index in [1.54, 1.807) is 6.33 Å². The number of hydrogen-bond donors (Lipinski definition) is 0. The molecule has 0 saturated heterocycles. The van der Waals surface area contributed by atoms with Gasteiger partial charge in [-0.2, -0.15) is 0 Å². The molecule has 2 heterocycles. The molecule has 2 aromatic heterocycles. The third-order valence-corrected chi connectivity index (χ3v) is 3.47. The minimum absolute atomic E-state index is 0.828. The van der Waals surface area contributed by atoms with Crippen molar-refractivity contribution >= 4 is 11.0 Å². The summed E-state index contributed by atoms with van der Waals surface area (Å²) in [7, 11) is 0. The molecule has 3 rings (SSSR count). The van der Waals surface area contributed by atoms with Gasteiger partial charge in [0.15, 0.2) is 5.82 Å². The van der Waals surface area contributed by atoms with Crippen molar-refractivity contribution in [3.63, 3.8) is 0 Å². The maximum atomic E-state index is 4.38. The van der Waals surface area contributed by atoms with E-state index in [2.05, 4.69) is 22.2 Å². The number of fused-ring (bicyclic) bond motifs is 1. The smallest absolute Gasteiger partial charge is 0.180 e. The molecule has 1 aromatic carbocycles. The predicted octanol–water partition coefficient (Wildman–Crippen LogP) is 3.20. The summed E-state index contributed by atoms with van der Waals surface area (Å²) in [6.45, 7) is 3.15. The van der Waals surface area contributed by atoms with Gasteiger partial charge in [-0.1, -0.05) is 43.5 Å². The molecule has 0 aliphatic rings. The Hall–Kier alpha value is -2.17. The number of para-hydroxylation sites is 2. The van der Waals surface area contributed by atoms with Gasteiger partial charge in [0.1, 0.15) is 6.33 Å². The number of unbranched alkanes of at least 4 members (excludes halogenated alkanes) is 3. The third kappa shape index (κ3) is 2.57. The van der Waals surface area contributed by atoms with Crippen molar-refractivity contribution in [3.05, 3.63) is 36.8 Å².